The first-order valence-corrected chi connectivity index (χ1v) is 4.54. The number of pyridine rings is 1. The van der Waals surface area contributed by atoms with Crippen molar-refractivity contribution in [1.82, 2.24) is 4.98 Å². The number of rotatable bonds is 2. The number of nitrogens with zero attached hydrogens (tertiary/aromatic N) is 1. The first kappa shape index (κ1) is 11.7. The van der Waals surface area contributed by atoms with Crippen LogP contribution in [0.15, 0.2) is 49.2 Å². The average Bonchev–Trinajstić information content (AvgIpc) is 2.27. The zero-order chi connectivity index (χ0) is 9.97. The first-order valence-electron chi connectivity index (χ1n) is 4.54. The third-order valence-corrected chi connectivity index (χ3v) is 2.30. The lowest BCUT2D eigenvalue weighted by Gasteiger charge is -2.09. The molecular weight excluding hydrogens is 208 g/mol. The average molecular weight is 221 g/mol. The van der Waals surface area contributed by atoms with Crippen molar-refractivity contribution in [2.24, 2.45) is 5.73 Å². The van der Waals surface area contributed by atoms with Gasteiger partial charge in [0.25, 0.3) is 0 Å². The van der Waals surface area contributed by atoms with Crippen molar-refractivity contribution in [3.63, 3.8) is 0 Å². The zero-order valence-electron chi connectivity index (χ0n) is 8.26. The highest BCUT2D eigenvalue weighted by atomic mass is 35.5. The summed E-state index contributed by atoms with van der Waals surface area (Å²) in [5, 5.41) is 1.10. The Balaban J connectivity index is 0.00000112. The van der Waals surface area contributed by atoms with Gasteiger partial charge in [-0.25, -0.2) is 0 Å². The molecule has 0 aliphatic heterocycles. The highest BCUT2D eigenvalue weighted by molar-refractivity contribution is 5.85. The summed E-state index contributed by atoms with van der Waals surface area (Å²) in [6.07, 6.45) is 3.52. The third kappa shape index (κ3) is 2.17. The van der Waals surface area contributed by atoms with Gasteiger partial charge in [-0.3, -0.25) is 4.98 Å². The van der Waals surface area contributed by atoms with Gasteiger partial charge in [-0.1, -0.05) is 24.3 Å². The van der Waals surface area contributed by atoms with Crippen LogP contribution in [-0.4, -0.2) is 4.98 Å². The molecule has 2 rings (SSSR count). The molecule has 2 nitrogen and oxygen atoms in total. The highest BCUT2D eigenvalue weighted by Crippen LogP contribution is 2.21. The molecule has 1 heterocycles. The van der Waals surface area contributed by atoms with E-state index in [0.29, 0.717) is 0 Å². The molecular formula is C12H13ClN2. The van der Waals surface area contributed by atoms with Gasteiger partial charge in [-0.05, 0) is 17.7 Å². The van der Waals surface area contributed by atoms with Crippen LogP contribution in [-0.2, 0) is 0 Å². The summed E-state index contributed by atoms with van der Waals surface area (Å²) >= 11 is 0. The Hall–Kier alpha value is -1.38. The number of hydrogen-bond donors (Lipinski definition) is 1. The maximum atomic E-state index is 5.91. The number of benzene rings is 1. The minimum absolute atomic E-state index is 0. The SMILES string of the molecule is C=C[C@H](N)c1ccnc2ccccc12.Cl. The summed E-state index contributed by atoms with van der Waals surface area (Å²) in [6.45, 7) is 3.70. The standard InChI is InChI=1S/C12H12N2.ClH/c1-2-11(13)9-7-8-14-12-6-4-3-5-10(9)12;/h2-8,11H,1,13H2;1H/t11-;/m0./s1. The van der Waals surface area contributed by atoms with Crippen LogP contribution in [0, 0.1) is 0 Å². The molecule has 0 unspecified atom stereocenters. The largest absolute Gasteiger partial charge is 0.321 e. The molecule has 0 aliphatic carbocycles. The van der Waals surface area contributed by atoms with Crippen LogP contribution < -0.4 is 5.73 Å². The monoisotopic (exact) mass is 220 g/mol. The van der Waals surface area contributed by atoms with Gasteiger partial charge < -0.3 is 5.73 Å². The second-order valence-corrected chi connectivity index (χ2v) is 3.18. The smallest absolute Gasteiger partial charge is 0.0705 e. The molecule has 1 atom stereocenters. The van der Waals surface area contributed by atoms with Crippen molar-refractivity contribution < 1.29 is 0 Å². The number of para-hydroxylation sites is 1. The second-order valence-electron chi connectivity index (χ2n) is 3.18. The van der Waals surface area contributed by atoms with E-state index in [1.54, 1.807) is 12.3 Å². The zero-order valence-corrected chi connectivity index (χ0v) is 9.08. The fraction of sp³-hybridized carbons (Fsp3) is 0.0833. The summed E-state index contributed by atoms with van der Waals surface area (Å²) in [4.78, 5) is 4.27. The third-order valence-electron chi connectivity index (χ3n) is 2.30. The van der Waals surface area contributed by atoms with Gasteiger partial charge in [-0.2, -0.15) is 0 Å². The Morgan fingerprint density at radius 3 is 2.73 bits per heavy atom. The number of aromatic nitrogens is 1. The van der Waals surface area contributed by atoms with E-state index >= 15 is 0 Å². The van der Waals surface area contributed by atoms with E-state index in [0.717, 1.165) is 16.5 Å². The Labute approximate surface area is 95.2 Å². The lowest BCUT2D eigenvalue weighted by Crippen LogP contribution is -2.07. The minimum atomic E-state index is -0.122. The van der Waals surface area contributed by atoms with Gasteiger partial charge in [0.05, 0.1) is 5.52 Å². The predicted octanol–water partition coefficient (Wildman–Crippen LogP) is 2.84. The molecule has 78 valence electrons. The molecule has 2 N–H and O–H groups in total. The minimum Gasteiger partial charge on any atom is -0.321 e. The van der Waals surface area contributed by atoms with Gasteiger partial charge in [0.1, 0.15) is 0 Å². The molecule has 3 heteroatoms. The summed E-state index contributed by atoms with van der Waals surface area (Å²) in [5.41, 5.74) is 7.96. The van der Waals surface area contributed by atoms with E-state index in [4.69, 9.17) is 5.73 Å². The molecule has 15 heavy (non-hydrogen) atoms. The van der Waals surface area contributed by atoms with Crippen molar-refractivity contribution >= 4 is 23.3 Å². The molecule has 1 aromatic heterocycles. The van der Waals surface area contributed by atoms with E-state index in [9.17, 15) is 0 Å². The van der Waals surface area contributed by atoms with Gasteiger partial charge in [-0.15, -0.1) is 19.0 Å². The number of hydrogen-bond acceptors (Lipinski definition) is 2. The summed E-state index contributed by atoms with van der Waals surface area (Å²) in [6, 6.07) is 9.79. The van der Waals surface area contributed by atoms with Crippen molar-refractivity contribution in [3.05, 3.63) is 54.7 Å². The van der Waals surface area contributed by atoms with Crippen molar-refractivity contribution in [1.29, 1.82) is 0 Å². The van der Waals surface area contributed by atoms with E-state index in [2.05, 4.69) is 11.6 Å². The molecule has 0 saturated heterocycles. The summed E-state index contributed by atoms with van der Waals surface area (Å²) < 4.78 is 0. The van der Waals surface area contributed by atoms with Crippen LogP contribution in [0.3, 0.4) is 0 Å². The summed E-state index contributed by atoms with van der Waals surface area (Å²) in [7, 11) is 0. The Morgan fingerprint density at radius 2 is 2.00 bits per heavy atom. The normalized spacial score (nSPS) is 11.8. The van der Waals surface area contributed by atoms with Crippen LogP contribution in [0.5, 0.6) is 0 Å². The molecule has 0 amide bonds. The Kier molecular flexibility index (Phi) is 3.83. The maximum Gasteiger partial charge on any atom is 0.0705 e. The topological polar surface area (TPSA) is 38.9 Å². The van der Waals surface area contributed by atoms with Gasteiger partial charge in [0.2, 0.25) is 0 Å². The Morgan fingerprint density at radius 1 is 1.27 bits per heavy atom. The molecule has 1 aromatic carbocycles. The van der Waals surface area contributed by atoms with E-state index in [1.807, 2.05) is 30.3 Å². The highest BCUT2D eigenvalue weighted by Gasteiger charge is 2.05. The van der Waals surface area contributed by atoms with Gasteiger partial charge in [0, 0.05) is 17.6 Å². The quantitative estimate of drug-likeness (QED) is 0.791. The maximum absolute atomic E-state index is 5.91. The van der Waals surface area contributed by atoms with Crippen molar-refractivity contribution in [2.45, 2.75) is 6.04 Å². The Bertz CT molecular complexity index is 463. The predicted molar refractivity (Wildman–Crippen MR) is 66.1 cm³/mol. The van der Waals surface area contributed by atoms with Gasteiger partial charge in [0.15, 0.2) is 0 Å². The molecule has 0 saturated carbocycles. The van der Waals surface area contributed by atoms with E-state index < -0.39 is 0 Å². The lowest BCUT2D eigenvalue weighted by molar-refractivity contribution is 0.922. The van der Waals surface area contributed by atoms with Crippen LogP contribution in [0.4, 0.5) is 0 Å². The molecule has 0 aliphatic rings. The van der Waals surface area contributed by atoms with Crippen molar-refractivity contribution in [3.8, 4) is 0 Å². The summed E-state index contributed by atoms with van der Waals surface area (Å²) in [5.74, 6) is 0. The van der Waals surface area contributed by atoms with Crippen LogP contribution in [0.2, 0.25) is 0 Å². The molecule has 0 spiro atoms. The molecule has 2 aromatic rings. The molecule has 0 bridgehead atoms. The van der Waals surface area contributed by atoms with E-state index in [1.165, 1.54) is 0 Å². The lowest BCUT2D eigenvalue weighted by atomic mass is 10.0. The van der Waals surface area contributed by atoms with Crippen LogP contribution in [0.25, 0.3) is 10.9 Å². The number of fused-ring (bicyclic) bond motifs is 1. The fourth-order valence-electron chi connectivity index (χ4n) is 1.54. The number of nitrogens with two attached hydrogens (primary N) is 1. The van der Waals surface area contributed by atoms with Crippen LogP contribution >= 0.6 is 12.4 Å². The van der Waals surface area contributed by atoms with Crippen LogP contribution in [0.1, 0.15) is 11.6 Å². The first-order chi connectivity index (χ1) is 6.83. The fourth-order valence-corrected chi connectivity index (χ4v) is 1.54. The molecule has 0 radical (unpaired) electrons. The second kappa shape index (κ2) is 4.91. The van der Waals surface area contributed by atoms with Gasteiger partial charge >= 0.3 is 0 Å². The molecule has 0 fully saturated rings. The van der Waals surface area contributed by atoms with Crippen molar-refractivity contribution in [2.75, 3.05) is 0 Å². The van der Waals surface area contributed by atoms with E-state index in [-0.39, 0.29) is 18.4 Å². The number of halogens is 1.